The number of hydrogen-bond acceptors (Lipinski definition) is 3. The van der Waals surface area contributed by atoms with Crippen molar-refractivity contribution >= 4 is 28.1 Å². The summed E-state index contributed by atoms with van der Waals surface area (Å²) in [6.45, 7) is 6.93. The Kier molecular flexibility index (Phi) is 4.09. The standard InChI is InChI=1S/C12H19ClN2S/c1-9(2)10-4-3-6-15(7-5-10)12-14-11(13)8-16-12/h8-10H,3-7H2,1-2H3. The molecule has 2 heterocycles. The molecule has 1 unspecified atom stereocenters. The number of nitrogens with zero attached hydrogens (tertiary/aromatic N) is 2. The molecule has 1 aromatic heterocycles. The van der Waals surface area contributed by atoms with Crippen molar-refractivity contribution in [2.24, 2.45) is 11.8 Å². The zero-order valence-electron chi connectivity index (χ0n) is 9.95. The van der Waals surface area contributed by atoms with Crippen LogP contribution < -0.4 is 4.90 Å². The van der Waals surface area contributed by atoms with E-state index in [1.54, 1.807) is 11.3 Å². The van der Waals surface area contributed by atoms with E-state index in [1.807, 2.05) is 5.38 Å². The van der Waals surface area contributed by atoms with E-state index in [-0.39, 0.29) is 0 Å². The second kappa shape index (κ2) is 5.37. The van der Waals surface area contributed by atoms with Crippen molar-refractivity contribution in [1.82, 2.24) is 4.98 Å². The molecular formula is C12H19ClN2S. The number of rotatable bonds is 2. The highest BCUT2D eigenvalue weighted by molar-refractivity contribution is 7.14. The molecule has 0 aromatic carbocycles. The fourth-order valence-electron chi connectivity index (χ4n) is 2.37. The molecule has 0 amide bonds. The normalized spacial score (nSPS) is 22.5. The maximum atomic E-state index is 5.87. The molecular weight excluding hydrogens is 240 g/mol. The quantitative estimate of drug-likeness (QED) is 0.795. The van der Waals surface area contributed by atoms with Crippen LogP contribution in [0.5, 0.6) is 0 Å². The first-order chi connectivity index (χ1) is 7.66. The molecule has 1 saturated heterocycles. The molecule has 0 aliphatic carbocycles. The van der Waals surface area contributed by atoms with Crippen LogP contribution in [0.4, 0.5) is 5.13 Å². The van der Waals surface area contributed by atoms with Gasteiger partial charge in [-0.2, -0.15) is 0 Å². The molecule has 0 N–H and O–H groups in total. The van der Waals surface area contributed by atoms with Crippen molar-refractivity contribution in [3.05, 3.63) is 10.5 Å². The number of hydrogen-bond donors (Lipinski definition) is 0. The highest BCUT2D eigenvalue weighted by Gasteiger charge is 2.20. The van der Waals surface area contributed by atoms with Gasteiger partial charge in [0, 0.05) is 18.5 Å². The summed E-state index contributed by atoms with van der Waals surface area (Å²) in [5.74, 6) is 1.68. The lowest BCUT2D eigenvalue weighted by Gasteiger charge is -2.20. The van der Waals surface area contributed by atoms with Gasteiger partial charge in [-0.15, -0.1) is 11.3 Å². The lowest BCUT2D eigenvalue weighted by atomic mass is 9.89. The Hall–Kier alpha value is -0.280. The molecule has 0 spiro atoms. The average molecular weight is 259 g/mol. The highest BCUT2D eigenvalue weighted by Crippen LogP contribution is 2.29. The predicted octanol–water partition coefficient (Wildman–Crippen LogP) is 4.06. The summed E-state index contributed by atoms with van der Waals surface area (Å²) in [4.78, 5) is 6.74. The minimum absolute atomic E-state index is 0.629. The summed E-state index contributed by atoms with van der Waals surface area (Å²) < 4.78 is 0. The van der Waals surface area contributed by atoms with E-state index in [9.17, 15) is 0 Å². The van der Waals surface area contributed by atoms with Crippen LogP contribution in [0, 0.1) is 11.8 Å². The lowest BCUT2D eigenvalue weighted by molar-refractivity contribution is 0.351. The smallest absolute Gasteiger partial charge is 0.186 e. The molecule has 0 bridgehead atoms. The van der Waals surface area contributed by atoms with Gasteiger partial charge >= 0.3 is 0 Å². The zero-order valence-corrected chi connectivity index (χ0v) is 11.5. The topological polar surface area (TPSA) is 16.1 Å². The lowest BCUT2D eigenvalue weighted by Crippen LogP contribution is -2.24. The van der Waals surface area contributed by atoms with Gasteiger partial charge in [0.1, 0.15) is 5.15 Å². The summed E-state index contributed by atoms with van der Waals surface area (Å²) in [5.41, 5.74) is 0. The van der Waals surface area contributed by atoms with Gasteiger partial charge in [-0.1, -0.05) is 25.4 Å². The third-order valence-corrected chi connectivity index (χ3v) is 4.67. The average Bonchev–Trinajstić information content (AvgIpc) is 2.54. The van der Waals surface area contributed by atoms with E-state index in [1.165, 1.54) is 19.3 Å². The van der Waals surface area contributed by atoms with Crippen LogP contribution in [0.15, 0.2) is 5.38 Å². The molecule has 1 aliphatic heterocycles. The Bertz CT molecular complexity index is 338. The maximum Gasteiger partial charge on any atom is 0.186 e. The minimum atomic E-state index is 0.629. The third-order valence-electron chi connectivity index (χ3n) is 3.45. The van der Waals surface area contributed by atoms with Crippen LogP contribution in [0.25, 0.3) is 0 Å². The molecule has 0 saturated carbocycles. The van der Waals surface area contributed by atoms with Crippen LogP contribution in [-0.2, 0) is 0 Å². The van der Waals surface area contributed by atoms with Gasteiger partial charge < -0.3 is 4.90 Å². The Morgan fingerprint density at radius 2 is 2.25 bits per heavy atom. The van der Waals surface area contributed by atoms with Crippen LogP contribution in [0.1, 0.15) is 33.1 Å². The number of anilines is 1. The van der Waals surface area contributed by atoms with E-state index < -0.39 is 0 Å². The monoisotopic (exact) mass is 258 g/mol. The van der Waals surface area contributed by atoms with E-state index in [0.717, 1.165) is 30.1 Å². The van der Waals surface area contributed by atoms with Gasteiger partial charge in [0.15, 0.2) is 5.13 Å². The Labute approximate surface area is 107 Å². The molecule has 0 radical (unpaired) electrons. The van der Waals surface area contributed by atoms with Crippen LogP contribution >= 0.6 is 22.9 Å². The molecule has 1 fully saturated rings. The van der Waals surface area contributed by atoms with E-state index in [0.29, 0.717) is 5.15 Å². The zero-order chi connectivity index (χ0) is 11.5. The Balaban J connectivity index is 1.98. The van der Waals surface area contributed by atoms with E-state index in [4.69, 9.17) is 11.6 Å². The molecule has 90 valence electrons. The van der Waals surface area contributed by atoms with Gasteiger partial charge in [-0.25, -0.2) is 4.98 Å². The fourth-order valence-corrected chi connectivity index (χ4v) is 3.37. The van der Waals surface area contributed by atoms with E-state index in [2.05, 4.69) is 23.7 Å². The van der Waals surface area contributed by atoms with Crippen molar-refractivity contribution in [2.75, 3.05) is 18.0 Å². The molecule has 1 aromatic rings. The minimum Gasteiger partial charge on any atom is -0.348 e. The summed E-state index contributed by atoms with van der Waals surface area (Å²) >= 11 is 7.53. The van der Waals surface area contributed by atoms with Gasteiger partial charge in [0.05, 0.1) is 0 Å². The van der Waals surface area contributed by atoms with Gasteiger partial charge in [-0.3, -0.25) is 0 Å². The van der Waals surface area contributed by atoms with Gasteiger partial charge in [-0.05, 0) is 31.1 Å². The molecule has 16 heavy (non-hydrogen) atoms. The number of halogens is 1. The molecule has 1 atom stereocenters. The first-order valence-corrected chi connectivity index (χ1v) is 7.28. The SMILES string of the molecule is CC(C)C1CCCN(c2nc(Cl)cs2)CC1. The largest absolute Gasteiger partial charge is 0.348 e. The van der Waals surface area contributed by atoms with Crippen molar-refractivity contribution in [1.29, 1.82) is 0 Å². The van der Waals surface area contributed by atoms with Crippen molar-refractivity contribution < 1.29 is 0 Å². The Morgan fingerprint density at radius 3 is 2.88 bits per heavy atom. The first-order valence-electron chi connectivity index (χ1n) is 6.03. The van der Waals surface area contributed by atoms with Crippen LogP contribution in [0.3, 0.4) is 0 Å². The number of thiazole rings is 1. The summed E-state index contributed by atoms with van der Waals surface area (Å²) in [6, 6.07) is 0. The van der Waals surface area contributed by atoms with Crippen LogP contribution in [-0.4, -0.2) is 18.1 Å². The third kappa shape index (κ3) is 2.89. The highest BCUT2D eigenvalue weighted by atomic mass is 35.5. The molecule has 2 nitrogen and oxygen atoms in total. The molecule has 1 aliphatic rings. The van der Waals surface area contributed by atoms with Crippen molar-refractivity contribution in [3.63, 3.8) is 0 Å². The number of aromatic nitrogens is 1. The van der Waals surface area contributed by atoms with Crippen molar-refractivity contribution in [2.45, 2.75) is 33.1 Å². The van der Waals surface area contributed by atoms with E-state index >= 15 is 0 Å². The Morgan fingerprint density at radius 1 is 1.44 bits per heavy atom. The second-order valence-corrected chi connectivity index (χ2v) is 6.10. The summed E-state index contributed by atoms with van der Waals surface area (Å²) in [5, 5.41) is 3.64. The summed E-state index contributed by atoms with van der Waals surface area (Å²) in [7, 11) is 0. The van der Waals surface area contributed by atoms with Gasteiger partial charge in [0.25, 0.3) is 0 Å². The maximum absolute atomic E-state index is 5.87. The molecule has 2 rings (SSSR count). The van der Waals surface area contributed by atoms with Gasteiger partial charge in [0.2, 0.25) is 0 Å². The van der Waals surface area contributed by atoms with Crippen molar-refractivity contribution in [3.8, 4) is 0 Å². The van der Waals surface area contributed by atoms with Crippen LogP contribution in [0.2, 0.25) is 5.15 Å². The molecule has 4 heteroatoms. The predicted molar refractivity (Wildman–Crippen MR) is 71.5 cm³/mol. The second-order valence-electron chi connectivity index (χ2n) is 4.87. The summed E-state index contributed by atoms with van der Waals surface area (Å²) in [6.07, 6.45) is 3.92. The fraction of sp³-hybridized carbons (Fsp3) is 0.750. The first kappa shape index (κ1) is 12.2.